The number of ether oxygens (including phenoxy) is 1. The standard InChI is InChI=1S/C10H17NO4/c1-3-7(10(13)14)11(2)9(12)8-5-4-6-15-8/h7-8H,3-6H2,1-2H3,(H,13,14)/t7?,8-/m1/s1. The molecule has 1 aliphatic rings. The second kappa shape index (κ2) is 5.11. The monoisotopic (exact) mass is 215 g/mol. The van der Waals surface area contributed by atoms with Gasteiger partial charge < -0.3 is 14.7 Å². The summed E-state index contributed by atoms with van der Waals surface area (Å²) in [6, 6.07) is -0.748. The Morgan fingerprint density at radius 3 is 2.67 bits per heavy atom. The number of carbonyl (C=O) groups is 2. The first-order valence-corrected chi connectivity index (χ1v) is 5.19. The topological polar surface area (TPSA) is 66.8 Å². The highest BCUT2D eigenvalue weighted by atomic mass is 16.5. The van der Waals surface area contributed by atoms with Gasteiger partial charge in [0.15, 0.2) is 0 Å². The average molecular weight is 215 g/mol. The van der Waals surface area contributed by atoms with Gasteiger partial charge in [-0.05, 0) is 19.3 Å². The van der Waals surface area contributed by atoms with Crippen molar-refractivity contribution in [1.29, 1.82) is 0 Å². The minimum Gasteiger partial charge on any atom is -0.480 e. The summed E-state index contributed by atoms with van der Waals surface area (Å²) in [4.78, 5) is 23.9. The third-order valence-electron chi connectivity index (χ3n) is 2.69. The molecule has 5 heteroatoms. The molecule has 1 N–H and O–H groups in total. The van der Waals surface area contributed by atoms with Crippen LogP contribution in [0, 0.1) is 0 Å². The van der Waals surface area contributed by atoms with E-state index in [1.54, 1.807) is 6.92 Å². The van der Waals surface area contributed by atoms with Crippen LogP contribution in [0.25, 0.3) is 0 Å². The Balaban J connectivity index is 2.60. The molecule has 0 aromatic carbocycles. The van der Waals surface area contributed by atoms with Gasteiger partial charge in [0.05, 0.1) is 0 Å². The van der Waals surface area contributed by atoms with Crippen LogP contribution < -0.4 is 0 Å². The van der Waals surface area contributed by atoms with Gasteiger partial charge >= 0.3 is 5.97 Å². The van der Waals surface area contributed by atoms with Crippen molar-refractivity contribution >= 4 is 11.9 Å². The van der Waals surface area contributed by atoms with Gasteiger partial charge in [-0.2, -0.15) is 0 Å². The summed E-state index contributed by atoms with van der Waals surface area (Å²) < 4.78 is 5.23. The molecule has 0 aromatic rings. The summed E-state index contributed by atoms with van der Waals surface area (Å²) in [5.74, 6) is -1.19. The lowest BCUT2D eigenvalue weighted by Crippen LogP contribution is -2.46. The van der Waals surface area contributed by atoms with Crippen molar-refractivity contribution in [1.82, 2.24) is 4.90 Å². The zero-order valence-corrected chi connectivity index (χ0v) is 9.10. The van der Waals surface area contributed by atoms with Gasteiger partial charge in [-0.3, -0.25) is 4.79 Å². The maximum absolute atomic E-state index is 11.8. The van der Waals surface area contributed by atoms with Gasteiger partial charge in [0.1, 0.15) is 12.1 Å². The van der Waals surface area contributed by atoms with Crippen LogP contribution in [-0.2, 0) is 14.3 Å². The lowest BCUT2D eigenvalue weighted by Gasteiger charge is -2.25. The first-order valence-electron chi connectivity index (χ1n) is 5.19. The minimum atomic E-state index is -0.966. The SMILES string of the molecule is CCC(C(=O)O)N(C)C(=O)[C@H]1CCCO1. The molecule has 0 aromatic heterocycles. The van der Waals surface area contributed by atoms with Gasteiger partial charge in [-0.15, -0.1) is 0 Å². The van der Waals surface area contributed by atoms with Crippen LogP contribution in [0.2, 0.25) is 0 Å². The van der Waals surface area contributed by atoms with Gasteiger partial charge in [0.2, 0.25) is 0 Å². The number of aliphatic carboxylic acids is 1. The number of nitrogens with zero attached hydrogens (tertiary/aromatic N) is 1. The van der Waals surface area contributed by atoms with Crippen LogP contribution in [0.4, 0.5) is 0 Å². The number of likely N-dealkylation sites (N-methyl/N-ethyl adjacent to an activating group) is 1. The molecule has 86 valence electrons. The molecule has 5 nitrogen and oxygen atoms in total. The number of carboxylic acid groups (broad SMARTS) is 1. The van der Waals surface area contributed by atoms with Gasteiger partial charge in [0, 0.05) is 13.7 Å². The van der Waals surface area contributed by atoms with Crippen LogP contribution in [-0.4, -0.2) is 47.7 Å². The fraction of sp³-hybridized carbons (Fsp3) is 0.800. The highest BCUT2D eigenvalue weighted by molar-refractivity contribution is 5.86. The molecule has 2 atom stereocenters. The zero-order valence-electron chi connectivity index (χ0n) is 9.10. The molecule has 1 heterocycles. The molecule has 0 spiro atoms. The Kier molecular flexibility index (Phi) is 4.08. The summed E-state index contributed by atoms with van der Waals surface area (Å²) in [5.41, 5.74) is 0. The Bertz CT molecular complexity index is 248. The van der Waals surface area contributed by atoms with Gasteiger partial charge in [-0.1, -0.05) is 6.92 Å². The van der Waals surface area contributed by atoms with Crippen molar-refractivity contribution in [3.05, 3.63) is 0 Å². The Morgan fingerprint density at radius 1 is 1.60 bits per heavy atom. The van der Waals surface area contributed by atoms with E-state index >= 15 is 0 Å². The van der Waals surface area contributed by atoms with E-state index in [0.717, 1.165) is 6.42 Å². The highest BCUT2D eigenvalue weighted by Crippen LogP contribution is 2.16. The van der Waals surface area contributed by atoms with Crippen molar-refractivity contribution in [2.45, 2.75) is 38.3 Å². The fourth-order valence-corrected chi connectivity index (χ4v) is 1.77. The summed E-state index contributed by atoms with van der Waals surface area (Å²) in [6.45, 7) is 2.34. The number of carbonyl (C=O) groups excluding carboxylic acids is 1. The molecular weight excluding hydrogens is 198 g/mol. The second-order valence-electron chi connectivity index (χ2n) is 3.71. The van der Waals surface area contributed by atoms with Crippen molar-refractivity contribution in [3.63, 3.8) is 0 Å². The van der Waals surface area contributed by atoms with E-state index in [0.29, 0.717) is 19.4 Å². The molecule has 0 aliphatic carbocycles. The molecule has 1 rings (SSSR count). The lowest BCUT2D eigenvalue weighted by molar-refractivity contribution is -0.153. The molecule has 1 unspecified atom stereocenters. The predicted molar refractivity (Wildman–Crippen MR) is 53.5 cm³/mol. The first-order chi connectivity index (χ1) is 7.07. The number of amides is 1. The molecule has 15 heavy (non-hydrogen) atoms. The molecule has 1 amide bonds. The summed E-state index contributed by atoms with van der Waals surface area (Å²) in [7, 11) is 1.52. The van der Waals surface area contributed by atoms with E-state index in [1.807, 2.05) is 0 Å². The highest BCUT2D eigenvalue weighted by Gasteiger charge is 2.32. The van der Waals surface area contributed by atoms with Crippen LogP contribution in [0.3, 0.4) is 0 Å². The molecule has 0 radical (unpaired) electrons. The van der Waals surface area contributed by atoms with Crippen LogP contribution in [0.1, 0.15) is 26.2 Å². The maximum atomic E-state index is 11.8. The maximum Gasteiger partial charge on any atom is 0.326 e. The summed E-state index contributed by atoms with van der Waals surface area (Å²) in [5, 5.41) is 8.90. The van der Waals surface area contributed by atoms with Crippen molar-refractivity contribution in [2.75, 3.05) is 13.7 Å². The number of rotatable bonds is 4. The molecule has 1 saturated heterocycles. The molecule has 1 aliphatic heterocycles. The summed E-state index contributed by atoms with van der Waals surface area (Å²) >= 11 is 0. The van der Waals surface area contributed by atoms with Crippen molar-refractivity contribution < 1.29 is 19.4 Å². The molecular formula is C10H17NO4. The van der Waals surface area contributed by atoms with Crippen LogP contribution in [0.5, 0.6) is 0 Å². The Morgan fingerprint density at radius 2 is 2.27 bits per heavy atom. The quantitative estimate of drug-likeness (QED) is 0.741. The number of hydrogen-bond donors (Lipinski definition) is 1. The number of hydrogen-bond acceptors (Lipinski definition) is 3. The Hall–Kier alpha value is -1.10. The zero-order chi connectivity index (χ0) is 11.4. The van der Waals surface area contributed by atoms with Crippen LogP contribution in [0.15, 0.2) is 0 Å². The second-order valence-corrected chi connectivity index (χ2v) is 3.71. The third kappa shape index (κ3) is 2.68. The first kappa shape index (κ1) is 12.0. The van der Waals surface area contributed by atoms with E-state index < -0.39 is 18.1 Å². The van der Waals surface area contributed by atoms with E-state index in [2.05, 4.69) is 0 Å². The van der Waals surface area contributed by atoms with E-state index in [-0.39, 0.29) is 5.91 Å². The van der Waals surface area contributed by atoms with Gasteiger partial charge in [0.25, 0.3) is 5.91 Å². The smallest absolute Gasteiger partial charge is 0.326 e. The van der Waals surface area contributed by atoms with E-state index in [4.69, 9.17) is 9.84 Å². The van der Waals surface area contributed by atoms with Crippen LogP contribution >= 0.6 is 0 Å². The molecule has 0 saturated carbocycles. The molecule has 0 bridgehead atoms. The minimum absolute atomic E-state index is 0.221. The predicted octanol–water partition coefficient (Wildman–Crippen LogP) is 0.487. The Labute approximate surface area is 89.0 Å². The average Bonchev–Trinajstić information content (AvgIpc) is 2.69. The fourth-order valence-electron chi connectivity index (χ4n) is 1.77. The third-order valence-corrected chi connectivity index (χ3v) is 2.69. The molecule has 1 fully saturated rings. The van der Waals surface area contributed by atoms with Gasteiger partial charge in [-0.25, -0.2) is 4.79 Å². The van der Waals surface area contributed by atoms with Crippen molar-refractivity contribution in [2.24, 2.45) is 0 Å². The summed E-state index contributed by atoms with van der Waals surface area (Å²) in [6.07, 6.45) is 1.53. The largest absolute Gasteiger partial charge is 0.480 e. The van der Waals surface area contributed by atoms with E-state index in [1.165, 1.54) is 11.9 Å². The van der Waals surface area contributed by atoms with Crippen molar-refractivity contribution in [3.8, 4) is 0 Å². The number of carboxylic acids is 1. The van der Waals surface area contributed by atoms with E-state index in [9.17, 15) is 9.59 Å². The normalized spacial score (nSPS) is 22.4. The lowest BCUT2D eigenvalue weighted by atomic mass is 10.1.